The van der Waals surface area contributed by atoms with Gasteiger partial charge in [-0.1, -0.05) is 80.6 Å². The minimum Gasteiger partial charge on any atom is -0.356 e. The zero-order valence-corrected chi connectivity index (χ0v) is 21.4. The van der Waals surface area contributed by atoms with Gasteiger partial charge in [-0.2, -0.15) is 0 Å². The van der Waals surface area contributed by atoms with E-state index in [4.69, 9.17) is 0 Å². The predicted octanol–water partition coefficient (Wildman–Crippen LogP) is 4.10. The summed E-state index contributed by atoms with van der Waals surface area (Å²) in [4.78, 5) is 45.9. The molecule has 0 saturated heterocycles. The number of aromatic amines is 1. The number of hydrogen-bond acceptors (Lipinski definition) is 3. The van der Waals surface area contributed by atoms with E-state index < -0.39 is 12.1 Å². The minimum atomic E-state index is -0.741. The smallest absolute Gasteiger partial charge is 0.255 e. The SMILES string of the molecule is CC(C)[C@H](NC(=O)[C@@H]1Cc2c([nH]c3ccccc23)[C@@H]2c3ccccc3C(=O)N21)C(=O)NCc1ccccc1. The molecule has 3 amide bonds. The topological polar surface area (TPSA) is 94.3 Å². The number of hydrogen-bond donors (Lipinski definition) is 3. The number of H-pyrrole nitrogens is 1. The van der Waals surface area contributed by atoms with E-state index in [0.29, 0.717) is 18.5 Å². The fourth-order valence-corrected chi connectivity index (χ4v) is 5.82. The second kappa shape index (κ2) is 9.49. The van der Waals surface area contributed by atoms with Gasteiger partial charge < -0.3 is 20.5 Å². The van der Waals surface area contributed by atoms with Crippen LogP contribution < -0.4 is 10.6 Å². The Morgan fingerprint density at radius 1 is 0.974 bits per heavy atom. The van der Waals surface area contributed by atoms with E-state index in [2.05, 4.69) is 15.6 Å². The summed E-state index contributed by atoms with van der Waals surface area (Å²) in [6.45, 7) is 4.19. The molecule has 0 fully saturated rings. The average molecular weight is 507 g/mol. The number of nitrogens with zero attached hydrogens (tertiary/aromatic N) is 1. The van der Waals surface area contributed by atoms with Gasteiger partial charge in [0.15, 0.2) is 0 Å². The van der Waals surface area contributed by atoms with Crippen molar-refractivity contribution in [3.63, 3.8) is 0 Å². The first-order chi connectivity index (χ1) is 18.4. The molecule has 0 bridgehead atoms. The average Bonchev–Trinajstić information content (AvgIpc) is 3.46. The molecule has 1 aromatic heterocycles. The molecule has 3 atom stereocenters. The van der Waals surface area contributed by atoms with E-state index in [1.54, 1.807) is 4.90 Å². The Kier molecular flexibility index (Phi) is 5.98. The van der Waals surface area contributed by atoms with Crippen LogP contribution in [0.15, 0.2) is 78.9 Å². The zero-order valence-electron chi connectivity index (χ0n) is 21.4. The van der Waals surface area contributed by atoms with Crippen LogP contribution in [0, 0.1) is 5.92 Å². The first-order valence-electron chi connectivity index (χ1n) is 13.1. The van der Waals surface area contributed by atoms with Crippen LogP contribution in [-0.2, 0) is 22.6 Å². The summed E-state index contributed by atoms with van der Waals surface area (Å²) < 4.78 is 0. The Bertz CT molecular complexity index is 1540. The van der Waals surface area contributed by atoms with Gasteiger partial charge in [-0.05, 0) is 34.7 Å². The van der Waals surface area contributed by atoms with Gasteiger partial charge in [-0.15, -0.1) is 0 Å². The third kappa shape index (κ3) is 3.95. The highest BCUT2D eigenvalue weighted by Gasteiger charge is 2.49. The van der Waals surface area contributed by atoms with Crippen molar-refractivity contribution in [3.05, 3.63) is 107 Å². The molecule has 3 N–H and O–H groups in total. The molecule has 38 heavy (non-hydrogen) atoms. The van der Waals surface area contributed by atoms with Crippen LogP contribution in [0.25, 0.3) is 10.9 Å². The monoisotopic (exact) mass is 506 g/mol. The molecule has 7 heteroatoms. The van der Waals surface area contributed by atoms with Crippen LogP contribution in [-0.4, -0.2) is 39.7 Å². The van der Waals surface area contributed by atoms with Crippen LogP contribution in [0.3, 0.4) is 0 Å². The molecule has 3 heterocycles. The Morgan fingerprint density at radius 2 is 1.68 bits per heavy atom. The number of nitrogens with one attached hydrogen (secondary N) is 3. The highest BCUT2D eigenvalue weighted by molar-refractivity contribution is 6.04. The van der Waals surface area contributed by atoms with Gasteiger partial charge in [-0.25, -0.2) is 0 Å². The molecule has 6 rings (SSSR count). The maximum atomic E-state index is 13.9. The number of rotatable bonds is 6. The van der Waals surface area contributed by atoms with Gasteiger partial charge in [-0.3, -0.25) is 14.4 Å². The van der Waals surface area contributed by atoms with Gasteiger partial charge >= 0.3 is 0 Å². The minimum absolute atomic E-state index is 0.135. The Hall–Kier alpha value is -4.39. The van der Waals surface area contributed by atoms with Gasteiger partial charge in [0.2, 0.25) is 11.8 Å². The van der Waals surface area contributed by atoms with Crippen LogP contribution >= 0.6 is 0 Å². The zero-order chi connectivity index (χ0) is 26.4. The lowest BCUT2D eigenvalue weighted by molar-refractivity contribution is -0.133. The number of fused-ring (bicyclic) bond motifs is 7. The largest absolute Gasteiger partial charge is 0.356 e. The normalized spacial score (nSPS) is 18.6. The van der Waals surface area contributed by atoms with Crippen molar-refractivity contribution in [1.29, 1.82) is 0 Å². The molecule has 4 aromatic rings. The van der Waals surface area contributed by atoms with Crippen molar-refractivity contribution in [2.24, 2.45) is 5.92 Å². The van der Waals surface area contributed by atoms with Crippen molar-refractivity contribution in [2.45, 2.75) is 44.9 Å². The van der Waals surface area contributed by atoms with E-state index in [0.717, 1.165) is 33.3 Å². The van der Waals surface area contributed by atoms with Crippen LogP contribution in [0.4, 0.5) is 0 Å². The summed E-state index contributed by atoms with van der Waals surface area (Å²) in [6, 6.07) is 23.4. The second-order valence-corrected chi connectivity index (χ2v) is 10.4. The molecule has 2 aliphatic rings. The first-order valence-corrected chi connectivity index (χ1v) is 13.1. The number of para-hydroxylation sites is 1. The van der Waals surface area contributed by atoms with Crippen LogP contribution in [0.1, 0.15) is 52.6 Å². The van der Waals surface area contributed by atoms with E-state index in [1.807, 2.05) is 92.7 Å². The van der Waals surface area contributed by atoms with Gasteiger partial charge in [0.1, 0.15) is 12.1 Å². The summed E-state index contributed by atoms with van der Waals surface area (Å²) in [6.07, 6.45) is 0.373. The molecule has 7 nitrogen and oxygen atoms in total. The molecule has 0 saturated carbocycles. The third-order valence-corrected chi connectivity index (χ3v) is 7.71. The number of aromatic nitrogens is 1. The van der Waals surface area contributed by atoms with Crippen molar-refractivity contribution < 1.29 is 14.4 Å². The van der Waals surface area contributed by atoms with Crippen molar-refractivity contribution in [2.75, 3.05) is 0 Å². The van der Waals surface area contributed by atoms with Gasteiger partial charge in [0.25, 0.3) is 5.91 Å². The van der Waals surface area contributed by atoms with Crippen molar-refractivity contribution in [3.8, 4) is 0 Å². The van der Waals surface area contributed by atoms with Crippen molar-refractivity contribution >= 4 is 28.6 Å². The highest BCUT2D eigenvalue weighted by atomic mass is 16.2. The second-order valence-electron chi connectivity index (χ2n) is 10.4. The van der Waals surface area contributed by atoms with Crippen LogP contribution in [0.2, 0.25) is 0 Å². The molecule has 0 aliphatic carbocycles. The summed E-state index contributed by atoms with van der Waals surface area (Å²) >= 11 is 0. The van der Waals surface area contributed by atoms with E-state index in [-0.39, 0.29) is 29.7 Å². The molecule has 2 aliphatic heterocycles. The fraction of sp³-hybridized carbons (Fsp3) is 0.258. The third-order valence-electron chi connectivity index (χ3n) is 7.71. The lowest BCUT2D eigenvalue weighted by atomic mass is 9.89. The van der Waals surface area contributed by atoms with Gasteiger partial charge in [0, 0.05) is 35.1 Å². The Labute approximate surface area is 221 Å². The summed E-state index contributed by atoms with van der Waals surface area (Å²) in [5.41, 5.74) is 5.47. The highest BCUT2D eigenvalue weighted by Crippen LogP contribution is 2.46. The molecule has 192 valence electrons. The Balaban J connectivity index is 1.32. The lowest BCUT2D eigenvalue weighted by Gasteiger charge is -2.38. The molecular weight excluding hydrogens is 476 g/mol. The first kappa shape index (κ1) is 24.0. The lowest BCUT2D eigenvalue weighted by Crippen LogP contribution is -2.57. The number of benzene rings is 3. The molecule has 0 unspecified atom stereocenters. The molecular formula is C31H30N4O3. The van der Waals surface area contributed by atoms with E-state index in [9.17, 15) is 14.4 Å². The maximum absolute atomic E-state index is 13.9. The Morgan fingerprint density at radius 3 is 2.47 bits per heavy atom. The number of carbonyl (C=O) groups excluding carboxylic acids is 3. The number of carbonyl (C=O) groups is 3. The molecule has 0 spiro atoms. The van der Waals surface area contributed by atoms with E-state index >= 15 is 0 Å². The van der Waals surface area contributed by atoms with Crippen LogP contribution in [0.5, 0.6) is 0 Å². The predicted molar refractivity (Wildman–Crippen MR) is 145 cm³/mol. The maximum Gasteiger partial charge on any atom is 0.255 e. The van der Waals surface area contributed by atoms with Crippen molar-refractivity contribution in [1.82, 2.24) is 20.5 Å². The summed E-state index contributed by atoms with van der Waals surface area (Å²) in [5, 5.41) is 7.01. The van der Waals surface area contributed by atoms with Gasteiger partial charge in [0.05, 0.1) is 6.04 Å². The number of amides is 3. The molecule has 0 radical (unpaired) electrons. The molecule has 3 aromatic carbocycles. The fourth-order valence-electron chi connectivity index (χ4n) is 5.82. The van der Waals surface area contributed by atoms with E-state index in [1.165, 1.54) is 0 Å². The standard InChI is InChI=1S/C31H30N4O3/c1-18(2)26(30(37)32-17-19-10-4-3-5-11-19)34-29(36)25-16-23-20-12-8-9-15-24(20)33-27(23)28-21-13-6-7-14-22(21)31(38)35(25)28/h3-15,18,25-26,28,33H,16-17H2,1-2H3,(H,32,37)(H,34,36)/t25-,26-,28-/m0/s1. The summed E-state index contributed by atoms with van der Waals surface area (Å²) in [7, 11) is 0. The quantitative estimate of drug-likeness (QED) is 0.368. The summed E-state index contributed by atoms with van der Waals surface area (Å²) in [5.74, 6) is -0.858.